The zero-order chi connectivity index (χ0) is 18.9. The second kappa shape index (κ2) is 6.90. The van der Waals surface area contributed by atoms with E-state index >= 15 is 0 Å². The maximum absolute atomic E-state index is 13.3. The van der Waals surface area contributed by atoms with Crippen LogP contribution in [0.4, 0.5) is 4.39 Å². The molecule has 0 atom stereocenters. The van der Waals surface area contributed by atoms with Crippen LogP contribution in [0.3, 0.4) is 0 Å². The van der Waals surface area contributed by atoms with Crippen molar-refractivity contribution < 1.29 is 19.1 Å². The van der Waals surface area contributed by atoms with Gasteiger partial charge in [-0.1, -0.05) is 19.3 Å². The number of likely N-dealkylation sites (N-methyl/N-ethyl adjacent to an activating group) is 1. The minimum atomic E-state index is -1.18. The molecule has 0 saturated heterocycles. The molecule has 0 aliphatic heterocycles. The average molecular weight is 359 g/mol. The predicted molar refractivity (Wildman–Crippen MR) is 93.8 cm³/mol. The van der Waals surface area contributed by atoms with Crippen LogP contribution < -0.4 is 0 Å². The number of benzene rings is 1. The van der Waals surface area contributed by atoms with E-state index < -0.39 is 17.4 Å². The summed E-state index contributed by atoms with van der Waals surface area (Å²) in [5.74, 6) is -1.73. The number of carboxylic acids is 1. The normalized spacial score (nSPS) is 16.3. The topological polar surface area (TPSA) is 75.4 Å². The van der Waals surface area contributed by atoms with Gasteiger partial charge in [0.2, 0.25) is 0 Å². The molecule has 2 aromatic rings. The average Bonchev–Trinajstić information content (AvgIpc) is 3.10. The van der Waals surface area contributed by atoms with Gasteiger partial charge < -0.3 is 10.0 Å². The van der Waals surface area contributed by atoms with Crippen LogP contribution in [0.2, 0.25) is 0 Å². The quantitative estimate of drug-likeness (QED) is 0.910. The second-order valence-electron chi connectivity index (χ2n) is 6.84. The molecule has 7 heteroatoms. The molecular weight excluding hydrogens is 337 g/mol. The molecule has 1 fully saturated rings. The first kappa shape index (κ1) is 18.1. The highest BCUT2D eigenvalue weighted by Crippen LogP contribution is 2.34. The summed E-state index contributed by atoms with van der Waals surface area (Å²) in [5.41, 5.74) is 0.348. The lowest BCUT2D eigenvalue weighted by Crippen LogP contribution is -2.56. The number of carbonyl (C=O) groups is 2. The molecule has 1 aromatic carbocycles. The van der Waals surface area contributed by atoms with E-state index in [4.69, 9.17) is 0 Å². The van der Waals surface area contributed by atoms with Gasteiger partial charge in [0.15, 0.2) is 5.69 Å². The van der Waals surface area contributed by atoms with Crippen LogP contribution in [0.1, 0.15) is 48.2 Å². The largest absolute Gasteiger partial charge is 0.479 e. The maximum atomic E-state index is 13.3. The lowest BCUT2D eigenvalue weighted by molar-refractivity contribution is -0.151. The molecule has 6 nitrogen and oxygen atoms in total. The molecule has 1 saturated carbocycles. The molecule has 0 spiro atoms. The van der Waals surface area contributed by atoms with Crippen LogP contribution in [0.25, 0.3) is 5.69 Å². The number of carbonyl (C=O) groups excluding carboxylic acids is 1. The van der Waals surface area contributed by atoms with Gasteiger partial charge in [-0.2, -0.15) is 5.10 Å². The Hall–Kier alpha value is -2.70. The lowest BCUT2D eigenvalue weighted by Gasteiger charge is -2.40. The van der Waals surface area contributed by atoms with Crippen LogP contribution in [-0.2, 0) is 4.79 Å². The number of aliphatic carboxylic acids is 1. The molecule has 1 aliphatic rings. The number of amides is 1. The van der Waals surface area contributed by atoms with Gasteiger partial charge in [0.05, 0.1) is 5.69 Å². The van der Waals surface area contributed by atoms with Gasteiger partial charge in [-0.05, 0) is 49.6 Å². The van der Waals surface area contributed by atoms with Crippen molar-refractivity contribution in [2.45, 2.75) is 44.6 Å². The van der Waals surface area contributed by atoms with Crippen molar-refractivity contribution in [3.05, 3.63) is 47.5 Å². The van der Waals surface area contributed by atoms with Crippen LogP contribution in [0.15, 0.2) is 30.5 Å². The molecule has 0 radical (unpaired) electrons. The summed E-state index contributed by atoms with van der Waals surface area (Å²) in [5, 5.41) is 14.0. The number of halogens is 1. The Balaban J connectivity index is 1.88. The number of aromatic nitrogens is 2. The summed E-state index contributed by atoms with van der Waals surface area (Å²) in [7, 11) is 1.53. The number of hydrogen-bond donors (Lipinski definition) is 1. The van der Waals surface area contributed by atoms with Gasteiger partial charge in [0.1, 0.15) is 11.4 Å². The van der Waals surface area contributed by atoms with Gasteiger partial charge >= 0.3 is 5.97 Å². The molecule has 138 valence electrons. The van der Waals surface area contributed by atoms with E-state index in [-0.39, 0.29) is 11.5 Å². The number of aryl methyl sites for hydroxylation is 1. The van der Waals surface area contributed by atoms with Gasteiger partial charge in [-0.15, -0.1) is 0 Å². The highest BCUT2D eigenvalue weighted by Gasteiger charge is 2.46. The summed E-state index contributed by atoms with van der Waals surface area (Å²) >= 11 is 0. The highest BCUT2D eigenvalue weighted by atomic mass is 19.1. The molecule has 1 N–H and O–H groups in total. The van der Waals surface area contributed by atoms with Crippen LogP contribution >= 0.6 is 0 Å². The van der Waals surface area contributed by atoms with Crippen molar-refractivity contribution in [1.82, 2.24) is 14.7 Å². The van der Waals surface area contributed by atoms with Gasteiger partial charge in [0.25, 0.3) is 5.91 Å². The van der Waals surface area contributed by atoms with Gasteiger partial charge in [-0.25, -0.2) is 13.9 Å². The van der Waals surface area contributed by atoms with E-state index in [1.54, 1.807) is 25.3 Å². The molecule has 26 heavy (non-hydrogen) atoms. The second-order valence-corrected chi connectivity index (χ2v) is 6.84. The molecule has 1 aliphatic carbocycles. The Kier molecular flexibility index (Phi) is 4.80. The SMILES string of the molecule is Cc1cc(F)ccc1-n1ccc(C(=O)N(C)C2(C(=O)O)CCCCC2)n1. The summed E-state index contributed by atoms with van der Waals surface area (Å²) in [6.07, 6.45) is 5.07. The Morgan fingerprint density at radius 1 is 1.23 bits per heavy atom. The number of carboxylic acid groups (broad SMARTS) is 1. The van der Waals surface area contributed by atoms with Crippen LogP contribution in [0.5, 0.6) is 0 Å². The minimum absolute atomic E-state index is 0.169. The maximum Gasteiger partial charge on any atom is 0.329 e. The van der Waals surface area contributed by atoms with Crippen molar-refractivity contribution in [1.29, 1.82) is 0 Å². The van der Waals surface area contributed by atoms with Crippen molar-refractivity contribution in [2.24, 2.45) is 0 Å². The van der Waals surface area contributed by atoms with Crippen molar-refractivity contribution in [3.8, 4) is 5.69 Å². The van der Waals surface area contributed by atoms with Crippen LogP contribution in [0, 0.1) is 12.7 Å². The van der Waals surface area contributed by atoms with E-state index in [2.05, 4.69) is 5.10 Å². The third-order valence-corrected chi connectivity index (χ3v) is 5.24. The Morgan fingerprint density at radius 2 is 1.92 bits per heavy atom. The third-order valence-electron chi connectivity index (χ3n) is 5.24. The zero-order valence-corrected chi connectivity index (χ0v) is 14.9. The van der Waals surface area contributed by atoms with E-state index in [0.717, 1.165) is 19.3 Å². The van der Waals surface area contributed by atoms with E-state index in [9.17, 15) is 19.1 Å². The lowest BCUT2D eigenvalue weighted by atomic mass is 9.80. The highest BCUT2D eigenvalue weighted by molar-refractivity contribution is 5.96. The first-order chi connectivity index (χ1) is 12.3. The van der Waals surface area contributed by atoms with E-state index in [1.165, 1.54) is 28.8 Å². The van der Waals surface area contributed by atoms with Crippen LogP contribution in [-0.4, -0.2) is 44.3 Å². The first-order valence-electron chi connectivity index (χ1n) is 8.69. The molecule has 0 unspecified atom stereocenters. The summed E-state index contributed by atoms with van der Waals surface area (Å²) in [6.45, 7) is 1.76. The van der Waals surface area contributed by atoms with Gasteiger partial charge in [-0.3, -0.25) is 4.79 Å². The standard InChI is InChI=1S/C19H22FN3O3/c1-13-12-14(20)6-7-16(13)23-11-8-15(21-23)17(24)22(2)19(18(25)26)9-4-3-5-10-19/h6-8,11-12H,3-5,9-10H2,1-2H3,(H,25,26). The summed E-state index contributed by atoms with van der Waals surface area (Å²) in [6, 6.07) is 5.88. The molecule has 1 amide bonds. The fourth-order valence-electron chi connectivity index (χ4n) is 3.64. The number of rotatable bonds is 4. The molecule has 1 heterocycles. The molecule has 1 aromatic heterocycles. The monoisotopic (exact) mass is 359 g/mol. The number of hydrogen-bond acceptors (Lipinski definition) is 3. The number of nitrogens with zero attached hydrogens (tertiary/aromatic N) is 3. The van der Waals surface area contributed by atoms with Crippen molar-refractivity contribution in [2.75, 3.05) is 7.05 Å². The predicted octanol–water partition coefficient (Wildman–Crippen LogP) is 3.18. The fraction of sp³-hybridized carbons (Fsp3) is 0.421. The smallest absolute Gasteiger partial charge is 0.329 e. The van der Waals surface area contributed by atoms with Crippen molar-refractivity contribution in [3.63, 3.8) is 0 Å². The third kappa shape index (κ3) is 3.09. The molecule has 0 bridgehead atoms. The van der Waals surface area contributed by atoms with Crippen molar-refractivity contribution >= 4 is 11.9 Å². The first-order valence-corrected chi connectivity index (χ1v) is 8.69. The molecular formula is C19H22FN3O3. The summed E-state index contributed by atoms with van der Waals surface area (Å²) in [4.78, 5) is 26.1. The fourth-order valence-corrected chi connectivity index (χ4v) is 3.64. The van der Waals surface area contributed by atoms with E-state index in [0.29, 0.717) is 24.1 Å². The molecule has 3 rings (SSSR count). The van der Waals surface area contributed by atoms with E-state index in [1.807, 2.05) is 0 Å². The Morgan fingerprint density at radius 3 is 2.54 bits per heavy atom. The Labute approximate surface area is 151 Å². The zero-order valence-electron chi connectivity index (χ0n) is 14.9. The minimum Gasteiger partial charge on any atom is -0.479 e. The van der Waals surface area contributed by atoms with Gasteiger partial charge in [0, 0.05) is 13.2 Å². The Bertz CT molecular complexity index is 840. The summed E-state index contributed by atoms with van der Waals surface area (Å²) < 4.78 is 14.8.